The van der Waals surface area contributed by atoms with Crippen LogP contribution < -0.4 is 4.90 Å². The Morgan fingerprint density at radius 2 is 2.05 bits per heavy atom. The molecule has 102 valence electrons. The fraction of sp³-hybridized carbons (Fsp3) is 0.429. The molecule has 1 heterocycles. The van der Waals surface area contributed by atoms with Gasteiger partial charge in [0.15, 0.2) is 5.78 Å². The Labute approximate surface area is 111 Å². The molecular weight excluding hydrogens is 249 g/mol. The first-order valence-electron chi connectivity index (χ1n) is 6.11. The second-order valence-corrected chi connectivity index (χ2v) is 5.47. The van der Waals surface area contributed by atoms with Crippen LogP contribution in [0.5, 0.6) is 0 Å². The number of fused-ring (bicyclic) bond motifs is 1. The molecule has 1 aromatic carbocycles. The van der Waals surface area contributed by atoms with Gasteiger partial charge in [-0.15, -0.1) is 0 Å². The number of ether oxygens (including phenoxy) is 1. The maximum atomic E-state index is 13.3. The van der Waals surface area contributed by atoms with Gasteiger partial charge in [-0.25, -0.2) is 9.18 Å². The molecule has 1 aliphatic rings. The summed E-state index contributed by atoms with van der Waals surface area (Å²) in [7, 11) is 0. The lowest BCUT2D eigenvalue weighted by Gasteiger charge is -2.31. The van der Waals surface area contributed by atoms with E-state index in [1.807, 2.05) is 0 Å². The van der Waals surface area contributed by atoms with Crippen molar-refractivity contribution in [1.29, 1.82) is 0 Å². The zero-order valence-corrected chi connectivity index (χ0v) is 11.2. The molecule has 0 unspecified atom stereocenters. The summed E-state index contributed by atoms with van der Waals surface area (Å²) >= 11 is 0. The highest BCUT2D eigenvalue weighted by molar-refractivity contribution is 6.07. The SMILES string of the molecule is CC(C)(C)OC(=O)N1CCC(=O)c2ccc(F)cc21. The monoisotopic (exact) mass is 265 g/mol. The van der Waals surface area contributed by atoms with Gasteiger partial charge in [0.2, 0.25) is 0 Å². The molecule has 1 aromatic rings. The minimum atomic E-state index is -0.633. The van der Waals surface area contributed by atoms with Crippen LogP contribution in [0.4, 0.5) is 14.9 Å². The topological polar surface area (TPSA) is 46.6 Å². The van der Waals surface area contributed by atoms with E-state index in [1.54, 1.807) is 20.8 Å². The van der Waals surface area contributed by atoms with Gasteiger partial charge in [-0.3, -0.25) is 9.69 Å². The van der Waals surface area contributed by atoms with E-state index < -0.39 is 17.5 Å². The molecule has 0 saturated carbocycles. The number of halogens is 1. The average molecular weight is 265 g/mol. The molecule has 4 nitrogen and oxygen atoms in total. The maximum Gasteiger partial charge on any atom is 0.414 e. The van der Waals surface area contributed by atoms with E-state index in [0.717, 1.165) is 0 Å². The third kappa shape index (κ3) is 2.92. The first kappa shape index (κ1) is 13.5. The number of anilines is 1. The van der Waals surface area contributed by atoms with E-state index in [9.17, 15) is 14.0 Å². The number of carbonyl (C=O) groups excluding carboxylic acids is 2. The number of Topliss-reactive ketones (excluding diaryl/α,β-unsaturated/α-hetero) is 1. The molecule has 1 aliphatic heterocycles. The molecule has 0 radical (unpaired) electrons. The third-order valence-electron chi connectivity index (χ3n) is 2.73. The summed E-state index contributed by atoms with van der Waals surface area (Å²) in [5, 5.41) is 0. The van der Waals surface area contributed by atoms with E-state index in [1.165, 1.54) is 23.1 Å². The van der Waals surface area contributed by atoms with Gasteiger partial charge in [-0.05, 0) is 39.0 Å². The molecular formula is C14H16FNO3. The van der Waals surface area contributed by atoms with Crippen LogP contribution in [0.2, 0.25) is 0 Å². The Balaban J connectivity index is 2.35. The Morgan fingerprint density at radius 1 is 1.37 bits per heavy atom. The van der Waals surface area contributed by atoms with E-state index in [-0.39, 0.29) is 24.4 Å². The Bertz CT molecular complexity index is 534. The second-order valence-electron chi connectivity index (χ2n) is 5.47. The highest BCUT2D eigenvalue weighted by Crippen LogP contribution is 2.29. The zero-order valence-electron chi connectivity index (χ0n) is 11.2. The van der Waals surface area contributed by atoms with Gasteiger partial charge < -0.3 is 4.74 Å². The predicted octanol–water partition coefficient (Wildman–Crippen LogP) is 3.15. The van der Waals surface area contributed by atoms with E-state index >= 15 is 0 Å². The number of hydrogen-bond donors (Lipinski definition) is 0. The van der Waals surface area contributed by atoms with Crippen LogP contribution in [0.1, 0.15) is 37.6 Å². The molecule has 0 aromatic heterocycles. The number of nitrogens with zero attached hydrogens (tertiary/aromatic N) is 1. The van der Waals surface area contributed by atoms with Crippen LogP contribution in [-0.4, -0.2) is 24.0 Å². The lowest BCUT2D eigenvalue weighted by atomic mass is 10.0. The van der Waals surface area contributed by atoms with Crippen LogP contribution in [0.15, 0.2) is 18.2 Å². The quantitative estimate of drug-likeness (QED) is 0.724. The van der Waals surface area contributed by atoms with Crippen molar-refractivity contribution >= 4 is 17.6 Å². The van der Waals surface area contributed by atoms with Gasteiger partial charge in [0.05, 0.1) is 5.69 Å². The Morgan fingerprint density at radius 3 is 2.68 bits per heavy atom. The second kappa shape index (κ2) is 4.64. The molecule has 1 amide bonds. The molecule has 0 aliphatic carbocycles. The lowest BCUT2D eigenvalue weighted by molar-refractivity contribution is 0.0577. The minimum absolute atomic E-state index is 0.0881. The van der Waals surface area contributed by atoms with Crippen molar-refractivity contribution in [3.05, 3.63) is 29.6 Å². The summed E-state index contributed by atoms with van der Waals surface area (Å²) in [6.45, 7) is 5.48. The van der Waals surface area contributed by atoms with Crippen molar-refractivity contribution in [2.75, 3.05) is 11.4 Å². The highest BCUT2D eigenvalue weighted by Gasteiger charge is 2.30. The van der Waals surface area contributed by atoms with Crippen LogP contribution in [0.3, 0.4) is 0 Å². The summed E-state index contributed by atoms with van der Waals surface area (Å²) in [6.07, 6.45) is -0.343. The first-order chi connectivity index (χ1) is 8.78. The number of amides is 1. The largest absolute Gasteiger partial charge is 0.443 e. The van der Waals surface area contributed by atoms with Crippen molar-refractivity contribution in [2.24, 2.45) is 0 Å². The molecule has 0 bridgehead atoms. The zero-order chi connectivity index (χ0) is 14.2. The number of rotatable bonds is 0. The maximum absolute atomic E-state index is 13.3. The van der Waals surface area contributed by atoms with Crippen LogP contribution in [0.25, 0.3) is 0 Å². The summed E-state index contributed by atoms with van der Waals surface area (Å²) < 4.78 is 18.6. The van der Waals surface area contributed by atoms with Crippen molar-refractivity contribution in [3.63, 3.8) is 0 Å². The number of benzene rings is 1. The van der Waals surface area contributed by atoms with Gasteiger partial charge in [-0.2, -0.15) is 0 Å². The lowest BCUT2D eigenvalue weighted by Crippen LogP contribution is -2.41. The minimum Gasteiger partial charge on any atom is -0.443 e. The Kier molecular flexibility index (Phi) is 3.30. The van der Waals surface area contributed by atoms with E-state index in [2.05, 4.69) is 0 Å². The number of ketones is 1. The number of hydrogen-bond acceptors (Lipinski definition) is 3. The smallest absolute Gasteiger partial charge is 0.414 e. The first-order valence-corrected chi connectivity index (χ1v) is 6.11. The molecule has 0 N–H and O–H groups in total. The average Bonchev–Trinajstić information content (AvgIpc) is 2.26. The summed E-state index contributed by atoms with van der Waals surface area (Å²) in [5.74, 6) is -0.572. The molecule has 5 heteroatoms. The van der Waals surface area contributed by atoms with E-state index in [4.69, 9.17) is 4.74 Å². The standard InChI is InChI=1S/C14H16FNO3/c1-14(2,3)19-13(18)16-7-6-12(17)10-5-4-9(15)8-11(10)16/h4-5,8H,6-7H2,1-3H3. The third-order valence-corrected chi connectivity index (χ3v) is 2.73. The molecule has 2 rings (SSSR count). The molecule has 0 saturated heterocycles. The summed E-state index contributed by atoms with van der Waals surface area (Å²) in [4.78, 5) is 25.1. The fourth-order valence-electron chi connectivity index (χ4n) is 1.94. The van der Waals surface area contributed by atoms with Crippen LogP contribution in [0, 0.1) is 5.82 Å². The van der Waals surface area contributed by atoms with Crippen molar-refractivity contribution < 1.29 is 18.7 Å². The summed E-state index contributed by atoms with van der Waals surface area (Å²) in [6, 6.07) is 3.81. The van der Waals surface area contributed by atoms with Gasteiger partial charge in [0, 0.05) is 18.5 Å². The van der Waals surface area contributed by atoms with Gasteiger partial charge >= 0.3 is 6.09 Å². The van der Waals surface area contributed by atoms with Gasteiger partial charge in [0.1, 0.15) is 11.4 Å². The normalized spacial score (nSPS) is 15.2. The van der Waals surface area contributed by atoms with Crippen molar-refractivity contribution in [1.82, 2.24) is 0 Å². The molecule has 0 atom stereocenters. The van der Waals surface area contributed by atoms with Crippen LogP contribution >= 0.6 is 0 Å². The predicted molar refractivity (Wildman–Crippen MR) is 68.9 cm³/mol. The summed E-state index contributed by atoms with van der Waals surface area (Å²) in [5.41, 5.74) is 0.00969. The number of carbonyl (C=O) groups is 2. The Hall–Kier alpha value is -1.91. The van der Waals surface area contributed by atoms with Crippen LogP contribution in [-0.2, 0) is 4.74 Å². The highest BCUT2D eigenvalue weighted by atomic mass is 19.1. The van der Waals surface area contributed by atoms with Gasteiger partial charge in [-0.1, -0.05) is 0 Å². The molecule has 0 spiro atoms. The van der Waals surface area contributed by atoms with Crippen molar-refractivity contribution in [3.8, 4) is 0 Å². The van der Waals surface area contributed by atoms with Gasteiger partial charge in [0.25, 0.3) is 0 Å². The van der Waals surface area contributed by atoms with Crippen molar-refractivity contribution in [2.45, 2.75) is 32.8 Å². The molecule has 19 heavy (non-hydrogen) atoms. The van der Waals surface area contributed by atoms with E-state index in [0.29, 0.717) is 5.56 Å². The fourth-order valence-corrected chi connectivity index (χ4v) is 1.94. The molecule has 0 fully saturated rings.